The summed E-state index contributed by atoms with van der Waals surface area (Å²) in [6.07, 6.45) is 0. The van der Waals surface area contributed by atoms with E-state index < -0.39 is 0 Å². The molecule has 0 radical (unpaired) electrons. The minimum Gasteiger partial charge on any atom is -0.378 e. The van der Waals surface area contributed by atoms with Crippen LogP contribution in [0.3, 0.4) is 0 Å². The summed E-state index contributed by atoms with van der Waals surface area (Å²) in [5.41, 5.74) is 9.69. The predicted octanol–water partition coefficient (Wildman–Crippen LogP) is 8.60. The van der Waals surface area contributed by atoms with Crippen LogP contribution in [0.4, 0.5) is 11.4 Å². The van der Waals surface area contributed by atoms with Gasteiger partial charge in [0.1, 0.15) is 0 Å². The molecule has 2 nitrogen and oxygen atoms in total. The van der Waals surface area contributed by atoms with E-state index in [0.29, 0.717) is 0 Å². The van der Waals surface area contributed by atoms with E-state index in [0.717, 1.165) is 0 Å². The summed E-state index contributed by atoms with van der Waals surface area (Å²) in [5.74, 6) is 0. The SMILES string of the molecule is CN(C)c1ccc(C(=C(c2ccccc2)c2ccc(N(C)C)cc2)c2ccccc2)cc1.II. The molecule has 0 bridgehead atoms. The molecule has 0 aliphatic carbocycles. The summed E-state index contributed by atoms with van der Waals surface area (Å²) in [5, 5.41) is 0. The summed E-state index contributed by atoms with van der Waals surface area (Å²) >= 11 is 4.24. The zero-order valence-corrected chi connectivity index (χ0v) is 24.4. The van der Waals surface area contributed by atoms with Gasteiger partial charge in [0, 0.05) is 76.8 Å². The average Bonchev–Trinajstić information content (AvgIpc) is 2.89. The number of hydrogen-bond acceptors (Lipinski definition) is 2. The largest absolute Gasteiger partial charge is 0.378 e. The van der Waals surface area contributed by atoms with E-state index in [-0.39, 0.29) is 0 Å². The van der Waals surface area contributed by atoms with Crippen molar-refractivity contribution >= 4 is 59.8 Å². The van der Waals surface area contributed by atoms with Gasteiger partial charge >= 0.3 is 0 Å². The number of benzene rings is 4. The van der Waals surface area contributed by atoms with E-state index in [9.17, 15) is 0 Å². The van der Waals surface area contributed by atoms with Crippen LogP contribution >= 0.6 is 37.2 Å². The van der Waals surface area contributed by atoms with E-state index in [1.54, 1.807) is 0 Å². The molecule has 0 saturated heterocycles. The Morgan fingerprint density at radius 2 is 0.676 bits per heavy atom. The lowest BCUT2D eigenvalue weighted by Crippen LogP contribution is -2.08. The second-order valence-electron chi connectivity index (χ2n) is 8.36. The molecular formula is C30H30I2N2. The molecule has 4 aromatic carbocycles. The van der Waals surface area contributed by atoms with Crippen LogP contribution in [0.1, 0.15) is 22.3 Å². The van der Waals surface area contributed by atoms with Gasteiger partial charge < -0.3 is 9.80 Å². The van der Waals surface area contributed by atoms with E-state index in [2.05, 4.69) is 184 Å². The van der Waals surface area contributed by atoms with Crippen molar-refractivity contribution in [2.75, 3.05) is 38.0 Å². The van der Waals surface area contributed by atoms with Gasteiger partial charge in [-0.15, -0.1) is 0 Å². The molecule has 34 heavy (non-hydrogen) atoms. The fraction of sp³-hybridized carbons (Fsp3) is 0.133. The van der Waals surface area contributed by atoms with Crippen molar-refractivity contribution in [3.05, 3.63) is 131 Å². The average molecular weight is 672 g/mol. The number of nitrogens with zero attached hydrogens (tertiary/aromatic N) is 2. The van der Waals surface area contributed by atoms with Crippen LogP contribution in [0.5, 0.6) is 0 Å². The van der Waals surface area contributed by atoms with Crippen molar-refractivity contribution in [3.63, 3.8) is 0 Å². The second kappa shape index (κ2) is 13.0. The Labute approximate surface area is 227 Å². The van der Waals surface area contributed by atoms with E-state index >= 15 is 0 Å². The maximum atomic E-state index is 2.23. The summed E-state index contributed by atoms with van der Waals surface area (Å²) in [6.45, 7) is 0. The molecule has 0 saturated carbocycles. The molecule has 0 amide bonds. The zero-order chi connectivity index (χ0) is 24.5. The third kappa shape index (κ3) is 6.42. The smallest absolute Gasteiger partial charge is 0.0361 e. The highest BCUT2D eigenvalue weighted by Crippen LogP contribution is 2.37. The van der Waals surface area contributed by atoms with Crippen LogP contribution in [-0.4, -0.2) is 28.2 Å². The molecule has 4 rings (SSSR count). The topological polar surface area (TPSA) is 6.48 Å². The van der Waals surface area contributed by atoms with Crippen molar-refractivity contribution in [2.24, 2.45) is 0 Å². The van der Waals surface area contributed by atoms with Crippen LogP contribution < -0.4 is 9.80 Å². The van der Waals surface area contributed by atoms with E-state index in [1.165, 1.54) is 44.8 Å². The molecule has 0 N–H and O–H groups in total. The first-order chi connectivity index (χ1) is 16.5. The highest BCUT2D eigenvalue weighted by Gasteiger charge is 2.16. The molecule has 0 heterocycles. The summed E-state index contributed by atoms with van der Waals surface area (Å²) in [4.78, 5) is 4.27. The number of halogens is 2. The molecule has 0 aliphatic heterocycles. The van der Waals surface area contributed by atoms with Crippen LogP contribution in [0.15, 0.2) is 109 Å². The minimum atomic E-state index is 1.19. The van der Waals surface area contributed by atoms with Gasteiger partial charge in [0.05, 0.1) is 0 Å². The lowest BCUT2D eigenvalue weighted by atomic mass is 9.85. The lowest BCUT2D eigenvalue weighted by Gasteiger charge is -2.20. The number of hydrogen-bond donors (Lipinski definition) is 0. The molecule has 0 atom stereocenters. The molecule has 0 unspecified atom stereocenters. The Morgan fingerprint density at radius 3 is 0.941 bits per heavy atom. The monoisotopic (exact) mass is 672 g/mol. The third-order valence-electron chi connectivity index (χ3n) is 5.72. The van der Waals surface area contributed by atoms with Gasteiger partial charge in [0.2, 0.25) is 0 Å². The quantitative estimate of drug-likeness (QED) is 0.150. The van der Waals surface area contributed by atoms with Crippen molar-refractivity contribution in [1.29, 1.82) is 0 Å². The molecule has 4 heteroatoms. The van der Waals surface area contributed by atoms with Gasteiger partial charge in [-0.3, -0.25) is 0 Å². The molecule has 0 fully saturated rings. The van der Waals surface area contributed by atoms with E-state index in [4.69, 9.17) is 0 Å². The van der Waals surface area contributed by atoms with Gasteiger partial charge in [0.15, 0.2) is 0 Å². The highest BCUT2D eigenvalue weighted by molar-refractivity contribution is 15.0. The lowest BCUT2D eigenvalue weighted by molar-refractivity contribution is 1.13. The first kappa shape index (κ1) is 26.3. The van der Waals surface area contributed by atoms with Crippen molar-refractivity contribution in [1.82, 2.24) is 0 Å². The molecule has 174 valence electrons. The minimum absolute atomic E-state index is 1.19. The predicted molar refractivity (Wildman–Crippen MR) is 167 cm³/mol. The summed E-state index contributed by atoms with van der Waals surface area (Å²) in [7, 11) is 8.30. The van der Waals surface area contributed by atoms with E-state index in [1.807, 2.05) is 0 Å². The van der Waals surface area contributed by atoms with Gasteiger partial charge in [-0.1, -0.05) is 84.9 Å². The maximum Gasteiger partial charge on any atom is 0.0361 e. The third-order valence-corrected chi connectivity index (χ3v) is 5.72. The first-order valence-electron chi connectivity index (χ1n) is 11.1. The highest BCUT2D eigenvalue weighted by atomic mass is 128. The number of rotatable bonds is 6. The standard InChI is InChI=1S/C30H30N2.I2/c1-31(2)27-19-15-25(16-20-27)29(23-11-7-5-8-12-23)30(24-13-9-6-10-14-24)26-17-21-28(22-18-26)32(3)4;1-2/h5-22H,1-4H3;. The Bertz CT molecular complexity index is 1090. The van der Waals surface area contributed by atoms with Gasteiger partial charge in [0.25, 0.3) is 0 Å². The van der Waals surface area contributed by atoms with Crippen LogP contribution in [0.25, 0.3) is 11.1 Å². The van der Waals surface area contributed by atoms with Crippen LogP contribution in [0.2, 0.25) is 0 Å². The molecular weight excluding hydrogens is 642 g/mol. The fourth-order valence-electron chi connectivity index (χ4n) is 3.97. The van der Waals surface area contributed by atoms with Gasteiger partial charge in [-0.05, 0) is 57.7 Å². The summed E-state index contributed by atoms with van der Waals surface area (Å²) in [6, 6.07) is 39.1. The normalized spacial score (nSPS) is 11.1. The second-order valence-corrected chi connectivity index (χ2v) is 8.36. The molecule has 4 aromatic rings. The molecule has 0 aliphatic rings. The summed E-state index contributed by atoms with van der Waals surface area (Å²) < 4.78 is 0. The first-order valence-corrected chi connectivity index (χ1v) is 17.4. The Hall–Kier alpha value is -2.32. The van der Waals surface area contributed by atoms with Crippen LogP contribution in [0, 0.1) is 0 Å². The Kier molecular flexibility index (Phi) is 10.0. The molecule has 0 spiro atoms. The van der Waals surface area contributed by atoms with Gasteiger partial charge in [-0.25, -0.2) is 0 Å². The zero-order valence-electron chi connectivity index (χ0n) is 20.0. The van der Waals surface area contributed by atoms with Crippen molar-refractivity contribution in [2.45, 2.75) is 0 Å². The number of anilines is 2. The fourth-order valence-corrected chi connectivity index (χ4v) is 3.97. The van der Waals surface area contributed by atoms with Crippen LogP contribution in [-0.2, 0) is 0 Å². The van der Waals surface area contributed by atoms with Crippen molar-refractivity contribution in [3.8, 4) is 0 Å². The maximum absolute atomic E-state index is 2.23. The van der Waals surface area contributed by atoms with Crippen molar-refractivity contribution < 1.29 is 0 Å². The van der Waals surface area contributed by atoms with Gasteiger partial charge in [-0.2, -0.15) is 0 Å². The molecule has 0 aromatic heterocycles. The Morgan fingerprint density at radius 1 is 0.412 bits per heavy atom. The Balaban J connectivity index is 0.00000158.